The van der Waals surface area contributed by atoms with Crippen LogP contribution in [0.15, 0.2) is 77.8 Å². The molecule has 1 amide bonds. The van der Waals surface area contributed by atoms with E-state index in [4.69, 9.17) is 29.0 Å². The van der Waals surface area contributed by atoms with Crippen LogP contribution in [0.5, 0.6) is 17.2 Å². The van der Waals surface area contributed by atoms with E-state index < -0.39 is 11.6 Å². The van der Waals surface area contributed by atoms with Crippen LogP contribution >= 0.6 is 0 Å². The molecule has 2 atom stereocenters. The van der Waals surface area contributed by atoms with E-state index in [1.807, 2.05) is 73.7 Å². The van der Waals surface area contributed by atoms with Gasteiger partial charge in [-0.1, -0.05) is 36.4 Å². The summed E-state index contributed by atoms with van der Waals surface area (Å²) in [7, 11) is 3.19. The average molecular weight is 534 g/mol. The molecule has 0 aliphatic carbocycles. The van der Waals surface area contributed by atoms with Crippen molar-refractivity contribution >= 4 is 11.8 Å². The number of benzene rings is 3. The van der Waals surface area contributed by atoms with Gasteiger partial charge in [0, 0.05) is 43.2 Å². The largest absolute Gasteiger partial charge is 0.497 e. The predicted octanol–water partition coefficient (Wildman–Crippen LogP) is 3.43. The molecule has 4 rings (SSSR count). The third kappa shape index (κ3) is 6.68. The molecule has 0 radical (unpaired) electrons. The van der Waals surface area contributed by atoms with Gasteiger partial charge in [-0.05, 0) is 42.8 Å². The first kappa shape index (κ1) is 27.9. The summed E-state index contributed by atoms with van der Waals surface area (Å²) in [6, 6.07) is 22.6. The van der Waals surface area contributed by atoms with E-state index in [0.29, 0.717) is 49.1 Å². The van der Waals surface area contributed by atoms with E-state index in [-0.39, 0.29) is 12.5 Å². The molecular formula is C30H35N3O6. The highest BCUT2D eigenvalue weighted by Gasteiger charge is 2.50. The molecule has 39 heavy (non-hydrogen) atoms. The number of aliphatic imine (C=N–C) groups is 1. The quantitative estimate of drug-likeness (QED) is 0.228. The van der Waals surface area contributed by atoms with Gasteiger partial charge in [0.25, 0.3) is 5.91 Å². The van der Waals surface area contributed by atoms with Crippen LogP contribution in [0.1, 0.15) is 30.0 Å². The van der Waals surface area contributed by atoms with Crippen LogP contribution < -0.4 is 25.1 Å². The lowest BCUT2D eigenvalue weighted by Gasteiger charge is -2.28. The first-order valence-corrected chi connectivity index (χ1v) is 12.9. The zero-order valence-electron chi connectivity index (χ0n) is 22.5. The number of hydrogen-bond acceptors (Lipinski definition) is 8. The van der Waals surface area contributed by atoms with Gasteiger partial charge in [-0.3, -0.25) is 10.2 Å². The summed E-state index contributed by atoms with van der Waals surface area (Å²) in [4.78, 5) is 18.6. The van der Waals surface area contributed by atoms with Gasteiger partial charge in [0.2, 0.25) is 5.90 Å². The molecule has 0 aromatic heterocycles. The smallest absolute Gasteiger partial charge is 0.266 e. The van der Waals surface area contributed by atoms with Crippen LogP contribution in [0, 0.1) is 0 Å². The third-order valence-corrected chi connectivity index (χ3v) is 6.62. The molecule has 206 valence electrons. The molecule has 9 nitrogen and oxygen atoms in total. The molecule has 0 saturated heterocycles. The Labute approximate surface area is 228 Å². The van der Waals surface area contributed by atoms with Gasteiger partial charge < -0.3 is 24.1 Å². The van der Waals surface area contributed by atoms with E-state index in [0.717, 1.165) is 16.7 Å². The SMILES string of the molecule is COc1ccc(CNNC(=O)[C@@]2(Cc3ccccc3)N=C(c3ccc(OCCCO)cc3)O[C@H]2C)c(OC)c1. The van der Waals surface area contributed by atoms with Crippen LogP contribution in [-0.2, 0) is 22.5 Å². The minimum Gasteiger partial charge on any atom is -0.497 e. The number of aliphatic hydroxyl groups is 1. The summed E-state index contributed by atoms with van der Waals surface area (Å²) in [5.74, 6) is 2.12. The van der Waals surface area contributed by atoms with Crippen LogP contribution in [0.25, 0.3) is 0 Å². The fourth-order valence-corrected chi connectivity index (χ4v) is 4.38. The lowest BCUT2D eigenvalue weighted by molar-refractivity contribution is -0.129. The van der Waals surface area contributed by atoms with Crippen molar-refractivity contribution in [1.82, 2.24) is 10.9 Å². The van der Waals surface area contributed by atoms with Gasteiger partial charge in [-0.2, -0.15) is 0 Å². The molecule has 0 unspecified atom stereocenters. The van der Waals surface area contributed by atoms with Crippen molar-refractivity contribution < 1.29 is 28.8 Å². The summed E-state index contributed by atoms with van der Waals surface area (Å²) in [6.07, 6.45) is 0.400. The summed E-state index contributed by atoms with van der Waals surface area (Å²) in [6.45, 7) is 2.70. The Morgan fingerprint density at radius 3 is 2.46 bits per heavy atom. The maximum Gasteiger partial charge on any atom is 0.266 e. The lowest BCUT2D eigenvalue weighted by atomic mass is 9.86. The Kier molecular flexibility index (Phi) is 9.40. The summed E-state index contributed by atoms with van der Waals surface area (Å²) in [5.41, 5.74) is 7.26. The van der Waals surface area contributed by atoms with Gasteiger partial charge in [-0.25, -0.2) is 10.4 Å². The molecule has 0 spiro atoms. The molecule has 0 fully saturated rings. The van der Waals surface area contributed by atoms with Crippen molar-refractivity contribution in [3.8, 4) is 17.2 Å². The Morgan fingerprint density at radius 2 is 1.77 bits per heavy atom. The van der Waals surface area contributed by atoms with E-state index in [2.05, 4.69) is 10.9 Å². The second-order valence-electron chi connectivity index (χ2n) is 9.20. The van der Waals surface area contributed by atoms with Gasteiger partial charge in [0.1, 0.15) is 23.4 Å². The Balaban J connectivity index is 1.54. The first-order chi connectivity index (χ1) is 19.0. The molecule has 0 saturated carbocycles. The second-order valence-corrected chi connectivity index (χ2v) is 9.20. The third-order valence-electron chi connectivity index (χ3n) is 6.62. The molecular weight excluding hydrogens is 498 g/mol. The van der Waals surface area contributed by atoms with Gasteiger partial charge in [-0.15, -0.1) is 0 Å². The van der Waals surface area contributed by atoms with Crippen molar-refractivity contribution in [3.05, 3.63) is 89.5 Å². The maximum atomic E-state index is 13.8. The van der Waals surface area contributed by atoms with Crippen molar-refractivity contribution in [2.24, 2.45) is 4.99 Å². The average Bonchev–Trinajstić information content (AvgIpc) is 3.30. The highest BCUT2D eigenvalue weighted by Crippen LogP contribution is 2.33. The van der Waals surface area contributed by atoms with E-state index in [1.54, 1.807) is 20.3 Å². The standard InChI is InChI=1S/C30H35N3O6/c1-21-30(19-22-8-5-4-6-9-22,29(35)33-31-20-24-12-15-26(36-2)18-27(24)37-3)32-28(39-21)23-10-13-25(14-11-23)38-17-7-16-34/h4-6,8-15,18,21,31,34H,7,16-17,19-20H2,1-3H3,(H,33,35)/t21-,30-/m0/s1. The molecule has 3 N–H and O–H groups in total. The van der Waals surface area contributed by atoms with Crippen molar-refractivity contribution in [2.75, 3.05) is 27.4 Å². The summed E-state index contributed by atoms with van der Waals surface area (Å²) in [5, 5.41) is 8.95. The molecule has 0 bridgehead atoms. The minimum absolute atomic E-state index is 0.0781. The molecule has 1 aliphatic heterocycles. The van der Waals surface area contributed by atoms with Crippen molar-refractivity contribution in [2.45, 2.75) is 38.0 Å². The molecule has 1 aliphatic rings. The summed E-state index contributed by atoms with van der Waals surface area (Å²) < 4.78 is 22.5. The second kappa shape index (κ2) is 13.1. The topological polar surface area (TPSA) is 111 Å². The number of amides is 1. The Bertz CT molecular complexity index is 1270. The van der Waals surface area contributed by atoms with Crippen LogP contribution in [0.4, 0.5) is 0 Å². The number of ether oxygens (including phenoxy) is 4. The molecule has 1 heterocycles. The fourth-order valence-electron chi connectivity index (χ4n) is 4.38. The number of hydrogen-bond donors (Lipinski definition) is 3. The first-order valence-electron chi connectivity index (χ1n) is 12.9. The summed E-state index contributed by atoms with van der Waals surface area (Å²) >= 11 is 0. The van der Waals surface area contributed by atoms with Crippen LogP contribution in [0.2, 0.25) is 0 Å². The fraction of sp³-hybridized carbons (Fsp3) is 0.333. The molecule has 3 aromatic rings. The number of aliphatic hydroxyl groups excluding tert-OH is 1. The minimum atomic E-state index is -1.19. The van der Waals surface area contributed by atoms with E-state index in [9.17, 15) is 4.79 Å². The number of nitrogens with one attached hydrogen (secondary N) is 2. The number of rotatable bonds is 13. The predicted molar refractivity (Wildman–Crippen MR) is 148 cm³/mol. The Hall–Kier alpha value is -4.08. The highest BCUT2D eigenvalue weighted by molar-refractivity contribution is 6.00. The number of carbonyl (C=O) groups excluding carboxylic acids is 1. The van der Waals surface area contributed by atoms with Gasteiger partial charge in [0.15, 0.2) is 5.54 Å². The van der Waals surface area contributed by atoms with E-state index in [1.165, 1.54) is 0 Å². The van der Waals surface area contributed by atoms with Crippen molar-refractivity contribution in [1.29, 1.82) is 0 Å². The van der Waals surface area contributed by atoms with Gasteiger partial charge >= 0.3 is 0 Å². The normalized spacial score (nSPS) is 18.2. The van der Waals surface area contributed by atoms with E-state index >= 15 is 0 Å². The lowest BCUT2D eigenvalue weighted by Crippen LogP contribution is -2.55. The molecule has 9 heteroatoms. The number of methoxy groups -OCH3 is 2. The van der Waals surface area contributed by atoms with Crippen molar-refractivity contribution in [3.63, 3.8) is 0 Å². The number of hydrazine groups is 1. The Morgan fingerprint density at radius 1 is 1.03 bits per heavy atom. The highest BCUT2D eigenvalue weighted by atomic mass is 16.5. The monoisotopic (exact) mass is 533 g/mol. The maximum absolute atomic E-state index is 13.8. The van der Waals surface area contributed by atoms with Gasteiger partial charge in [0.05, 0.1) is 20.8 Å². The zero-order chi connectivity index (χ0) is 27.7. The van der Waals surface area contributed by atoms with Crippen LogP contribution in [-0.4, -0.2) is 56.0 Å². The number of nitrogens with zero attached hydrogens (tertiary/aromatic N) is 1. The zero-order valence-corrected chi connectivity index (χ0v) is 22.5. The van der Waals surface area contributed by atoms with Crippen LogP contribution in [0.3, 0.4) is 0 Å². The molecule has 3 aromatic carbocycles. The number of carbonyl (C=O) groups is 1.